The molecule has 452 valence electrons. The number of allylic oxidation sites excluding steroid dienone is 6. The van der Waals surface area contributed by atoms with Crippen LogP contribution in [0.3, 0.4) is 0 Å². The summed E-state index contributed by atoms with van der Waals surface area (Å²) >= 11 is 0. The summed E-state index contributed by atoms with van der Waals surface area (Å²) in [5.41, 5.74) is 0. The molecule has 0 aromatic carbocycles. The largest absolute Gasteiger partial charge is 0.462 e. The molecule has 0 saturated carbocycles. The van der Waals surface area contributed by atoms with Crippen LogP contribution >= 0.6 is 0 Å². The van der Waals surface area contributed by atoms with Crippen LogP contribution in [0.15, 0.2) is 36.5 Å². The highest BCUT2D eigenvalue weighted by Gasteiger charge is 2.19. The first-order valence-corrected chi connectivity index (χ1v) is 34.5. The van der Waals surface area contributed by atoms with Gasteiger partial charge in [-0.2, -0.15) is 0 Å². The van der Waals surface area contributed by atoms with Crippen molar-refractivity contribution in [3.63, 3.8) is 0 Å². The minimum atomic E-state index is -0.781. The SMILES string of the molecule is CC/C=C\C/C=C\C/C=C\CCCCCC(=O)OCC(COC(=O)CCCCCCCCCCCCCCCCCCCCCCCCCCCCC)OC(=O)CCCCCCCCCCCCCCCCCCCCC. The van der Waals surface area contributed by atoms with E-state index in [0.717, 1.165) is 83.5 Å². The first-order chi connectivity index (χ1) is 38.0. The molecule has 77 heavy (non-hydrogen) atoms. The van der Waals surface area contributed by atoms with Gasteiger partial charge in [0.15, 0.2) is 6.10 Å². The third-order valence-corrected chi connectivity index (χ3v) is 15.7. The first-order valence-electron chi connectivity index (χ1n) is 34.5. The first kappa shape index (κ1) is 74.6. The number of ether oxygens (including phenoxy) is 3. The van der Waals surface area contributed by atoms with Crippen molar-refractivity contribution in [2.24, 2.45) is 0 Å². The fraction of sp³-hybridized carbons (Fsp3) is 0.873. The standard InChI is InChI=1S/C71H132O6/c1-4-7-10-13-16-19-22-25-27-29-31-32-33-34-35-36-37-38-40-41-43-46-49-52-55-58-61-64-70(73)76-67-68(66-75-69(72)63-60-57-54-51-48-45-24-21-18-15-12-9-6-3)77-71(74)65-62-59-56-53-50-47-44-42-39-30-28-26-23-20-17-14-11-8-5-2/h9,12,18,21,45,48,68H,4-8,10-11,13-17,19-20,22-44,46-47,49-67H2,1-3H3/b12-9-,21-18-,48-45-. The van der Waals surface area contributed by atoms with Crippen LogP contribution in [0.2, 0.25) is 0 Å². The predicted octanol–water partition coefficient (Wildman–Crippen LogP) is 23.6. The summed E-state index contributed by atoms with van der Waals surface area (Å²) in [4.78, 5) is 38.3. The molecule has 0 heterocycles. The van der Waals surface area contributed by atoms with Crippen molar-refractivity contribution in [2.75, 3.05) is 13.2 Å². The molecule has 0 N–H and O–H groups in total. The topological polar surface area (TPSA) is 78.9 Å². The Morgan fingerprint density at radius 3 is 0.792 bits per heavy atom. The molecule has 1 unspecified atom stereocenters. The Balaban J connectivity index is 4.20. The minimum Gasteiger partial charge on any atom is -0.462 e. The molecule has 0 fully saturated rings. The van der Waals surface area contributed by atoms with Crippen LogP contribution in [0, 0.1) is 0 Å². The highest BCUT2D eigenvalue weighted by molar-refractivity contribution is 5.71. The van der Waals surface area contributed by atoms with Gasteiger partial charge < -0.3 is 14.2 Å². The molecule has 0 aliphatic carbocycles. The van der Waals surface area contributed by atoms with Gasteiger partial charge in [0.05, 0.1) is 0 Å². The maximum Gasteiger partial charge on any atom is 0.306 e. The second-order valence-corrected chi connectivity index (χ2v) is 23.4. The van der Waals surface area contributed by atoms with Crippen molar-refractivity contribution >= 4 is 17.9 Å². The van der Waals surface area contributed by atoms with Gasteiger partial charge in [-0.05, 0) is 51.4 Å². The van der Waals surface area contributed by atoms with E-state index >= 15 is 0 Å². The smallest absolute Gasteiger partial charge is 0.306 e. The Kier molecular flexibility index (Phi) is 64.1. The van der Waals surface area contributed by atoms with E-state index in [1.165, 1.54) is 257 Å². The van der Waals surface area contributed by atoms with Crippen molar-refractivity contribution in [1.82, 2.24) is 0 Å². The van der Waals surface area contributed by atoms with E-state index in [1.807, 2.05) is 0 Å². The van der Waals surface area contributed by atoms with Crippen molar-refractivity contribution < 1.29 is 28.6 Å². The second-order valence-electron chi connectivity index (χ2n) is 23.4. The van der Waals surface area contributed by atoms with E-state index in [9.17, 15) is 14.4 Å². The van der Waals surface area contributed by atoms with Gasteiger partial charge in [-0.25, -0.2) is 0 Å². The lowest BCUT2D eigenvalue weighted by Crippen LogP contribution is -2.30. The van der Waals surface area contributed by atoms with Gasteiger partial charge in [-0.1, -0.05) is 346 Å². The van der Waals surface area contributed by atoms with Gasteiger partial charge >= 0.3 is 17.9 Å². The van der Waals surface area contributed by atoms with E-state index in [0.29, 0.717) is 19.3 Å². The average molecular weight is 1080 g/mol. The number of hydrogen-bond donors (Lipinski definition) is 0. The average Bonchev–Trinajstić information content (AvgIpc) is 3.43. The molecule has 0 saturated heterocycles. The molecule has 1 atom stereocenters. The number of hydrogen-bond acceptors (Lipinski definition) is 6. The molecule has 0 aromatic heterocycles. The normalized spacial score (nSPS) is 12.2. The molecule has 0 radical (unpaired) electrons. The van der Waals surface area contributed by atoms with E-state index in [4.69, 9.17) is 14.2 Å². The number of carbonyl (C=O) groups is 3. The van der Waals surface area contributed by atoms with Gasteiger partial charge in [-0.3, -0.25) is 14.4 Å². The molecular weight excluding hydrogens is 949 g/mol. The fourth-order valence-electron chi connectivity index (χ4n) is 10.5. The van der Waals surface area contributed by atoms with Gasteiger partial charge in [0.2, 0.25) is 0 Å². The monoisotopic (exact) mass is 1080 g/mol. The van der Waals surface area contributed by atoms with E-state index in [1.54, 1.807) is 0 Å². The Morgan fingerprint density at radius 1 is 0.273 bits per heavy atom. The zero-order chi connectivity index (χ0) is 55.7. The Hall–Kier alpha value is -2.37. The van der Waals surface area contributed by atoms with Gasteiger partial charge in [0, 0.05) is 19.3 Å². The van der Waals surface area contributed by atoms with Gasteiger partial charge in [-0.15, -0.1) is 0 Å². The Bertz CT molecular complexity index is 1290. The van der Waals surface area contributed by atoms with Crippen LogP contribution < -0.4 is 0 Å². The van der Waals surface area contributed by atoms with Crippen molar-refractivity contribution in [3.8, 4) is 0 Å². The number of unbranched alkanes of at least 4 members (excludes halogenated alkanes) is 47. The maximum absolute atomic E-state index is 12.9. The summed E-state index contributed by atoms with van der Waals surface area (Å²) < 4.78 is 16.9. The van der Waals surface area contributed by atoms with Crippen LogP contribution in [0.5, 0.6) is 0 Å². The quantitative estimate of drug-likeness (QED) is 0.0261. The van der Waals surface area contributed by atoms with Crippen molar-refractivity contribution in [3.05, 3.63) is 36.5 Å². The summed E-state index contributed by atoms with van der Waals surface area (Å²) in [6.07, 6.45) is 81.9. The second kappa shape index (κ2) is 66.1. The summed E-state index contributed by atoms with van der Waals surface area (Å²) in [5.74, 6) is -0.879. The van der Waals surface area contributed by atoms with Crippen molar-refractivity contribution in [2.45, 2.75) is 386 Å². The molecule has 0 rings (SSSR count). The molecule has 6 nitrogen and oxygen atoms in total. The van der Waals surface area contributed by atoms with E-state index < -0.39 is 6.10 Å². The molecule has 0 amide bonds. The van der Waals surface area contributed by atoms with E-state index in [-0.39, 0.29) is 31.1 Å². The number of esters is 3. The lowest BCUT2D eigenvalue weighted by molar-refractivity contribution is -0.167. The molecule has 0 aliphatic heterocycles. The number of rotatable bonds is 64. The maximum atomic E-state index is 12.9. The van der Waals surface area contributed by atoms with Gasteiger partial charge in [0.25, 0.3) is 0 Å². The Morgan fingerprint density at radius 2 is 0.506 bits per heavy atom. The summed E-state index contributed by atoms with van der Waals surface area (Å²) in [7, 11) is 0. The number of carbonyl (C=O) groups excluding carboxylic acids is 3. The minimum absolute atomic E-state index is 0.0759. The fourth-order valence-corrected chi connectivity index (χ4v) is 10.5. The summed E-state index contributed by atoms with van der Waals surface area (Å²) in [6.45, 7) is 6.58. The highest BCUT2D eigenvalue weighted by Crippen LogP contribution is 2.19. The molecule has 0 bridgehead atoms. The lowest BCUT2D eigenvalue weighted by atomic mass is 10.0. The summed E-state index contributed by atoms with van der Waals surface area (Å²) in [6, 6.07) is 0. The third kappa shape index (κ3) is 64.3. The van der Waals surface area contributed by atoms with Crippen molar-refractivity contribution in [1.29, 1.82) is 0 Å². The lowest BCUT2D eigenvalue weighted by Gasteiger charge is -2.18. The van der Waals surface area contributed by atoms with Crippen LogP contribution in [0.25, 0.3) is 0 Å². The van der Waals surface area contributed by atoms with Crippen LogP contribution in [0.1, 0.15) is 380 Å². The zero-order valence-corrected chi connectivity index (χ0v) is 52.0. The van der Waals surface area contributed by atoms with E-state index in [2.05, 4.69) is 57.2 Å². The zero-order valence-electron chi connectivity index (χ0n) is 52.0. The molecule has 0 aliphatic rings. The van der Waals surface area contributed by atoms with Gasteiger partial charge in [0.1, 0.15) is 13.2 Å². The third-order valence-electron chi connectivity index (χ3n) is 15.7. The van der Waals surface area contributed by atoms with Crippen LogP contribution in [-0.4, -0.2) is 37.2 Å². The molecule has 0 spiro atoms. The van der Waals surface area contributed by atoms with Crippen LogP contribution in [0.4, 0.5) is 0 Å². The Labute approximate surface area is 480 Å². The molecule has 0 aromatic rings. The van der Waals surface area contributed by atoms with Crippen LogP contribution in [-0.2, 0) is 28.6 Å². The highest BCUT2D eigenvalue weighted by atomic mass is 16.6. The molecule has 6 heteroatoms. The summed E-state index contributed by atoms with van der Waals surface area (Å²) in [5, 5.41) is 0. The molecular formula is C71H132O6. The predicted molar refractivity (Wildman–Crippen MR) is 335 cm³/mol.